The number of halogens is 2. The monoisotopic (exact) mass is 393 g/mol. The molecule has 0 fully saturated rings. The van der Waals surface area contributed by atoms with Crippen LogP contribution in [0.3, 0.4) is 0 Å². The van der Waals surface area contributed by atoms with Crippen LogP contribution in [0.25, 0.3) is 11.6 Å². The van der Waals surface area contributed by atoms with Gasteiger partial charge >= 0.3 is 0 Å². The lowest BCUT2D eigenvalue weighted by atomic mass is 10.2. The summed E-state index contributed by atoms with van der Waals surface area (Å²) in [5.74, 6) is 0. The smallest absolute Gasteiger partial charge is 0.269 e. The zero-order chi connectivity index (χ0) is 18.4. The first-order valence-corrected chi connectivity index (χ1v) is 8.79. The van der Waals surface area contributed by atoms with Crippen LogP contribution in [-0.4, -0.2) is 18.3 Å². The molecule has 0 aliphatic heterocycles. The largest absolute Gasteiger partial charge is 0.385 e. The van der Waals surface area contributed by atoms with E-state index < -0.39 is 0 Å². The molecule has 8 heteroatoms. The zero-order valence-electron chi connectivity index (χ0n) is 13.3. The molecule has 0 aliphatic rings. The molecule has 0 saturated carbocycles. The molecule has 0 bridgehead atoms. The lowest BCUT2D eigenvalue weighted by Crippen LogP contribution is -2.32. The fraction of sp³-hybridized carbons (Fsp3) is 0.235. The highest BCUT2D eigenvalue weighted by atomic mass is 35.5. The maximum Gasteiger partial charge on any atom is 0.269 e. The number of benzene rings is 1. The van der Waals surface area contributed by atoms with E-state index in [-0.39, 0.29) is 11.1 Å². The molecule has 128 valence electrons. The van der Waals surface area contributed by atoms with Crippen LogP contribution in [0.15, 0.2) is 23.0 Å². The molecule has 0 aliphatic carbocycles. The summed E-state index contributed by atoms with van der Waals surface area (Å²) < 4.78 is 7.13. The topological polar surface area (TPSA) is 78.8 Å². The van der Waals surface area contributed by atoms with E-state index in [2.05, 4.69) is 0 Å². The van der Waals surface area contributed by atoms with Crippen LogP contribution in [0.4, 0.5) is 0 Å². The van der Waals surface area contributed by atoms with Gasteiger partial charge in [-0.05, 0) is 24.1 Å². The van der Waals surface area contributed by atoms with Crippen molar-refractivity contribution in [3.63, 3.8) is 0 Å². The maximum absolute atomic E-state index is 12.7. The van der Waals surface area contributed by atoms with Crippen molar-refractivity contribution in [1.82, 2.24) is 4.57 Å². The molecule has 2 aromatic rings. The van der Waals surface area contributed by atoms with Crippen LogP contribution >= 0.6 is 34.5 Å². The molecule has 0 saturated heterocycles. The van der Waals surface area contributed by atoms with Crippen LogP contribution in [-0.2, 0) is 11.3 Å². The molecule has 0 unspecified atom stereocenters. The number of hydrogen-bond donors (Lipinski definition) is 0. The van der Waals surface area contributed by atoms with Gasteiger partial charge < -0.3 is 4.74 Å². The summed E-state index contributed by atoms with van der Waals surface area (Å²) in [7, 11) is 1.57. The van der Waals surface area contributed by atoms with Gasteiger partial charge in [-0.2, -0.15) is 10.5 Å². The first kappa shape index (κ1) is 19.2. The van der Waals surface area contributed by atoms with E-state index in [1.54, 1.807) is 31.4 Å². The molecule has 1 heterocycles. The van der Waals surface area contributed by atoms with Crippen LogP contribution < -0.4 is 14.8 Å². The Labute approximate surface area is 158 Å². The number of ether oxygens (including phenoxy) is 1. The summed E-state index contributed by atoms with van der Waals surface area (Å²) in [5.41, 5.74) is 0.213. The first-order chi connectivity index (χ1) is 12.0. The maximum atomic E-state index is 12.7. The third kappa shape index (κ3) is 4.31. The normalized spacial score (nSPS) is 11.2. The quantitative estimate of drug-likeness (QED) is 0.729. The molecule has 1 aromatic carbocycles. The molecule has 0 amide bonds. The third-order valence-electron chi connectivity index (χ3n) is 3.34. The number of thiazole rings is 1. The van der Waals surface area contributed by atoms with Crippen molar-refractivity contribution in [3.8, 4) is 12.1 Å². The summed E-state index contributed by atoms with van der Waals surface area (Å²) in [6.07, 6.45) is 2.20. The lowest BCUT2D eigenvalue weighted by Gasteiger charge is -2.01. The predicted molar refractivity (Wildman–Crippen MR) is 99.0 cm³/mol. The highest BCUT2D eigenvalue weighted by molar-refractivity contribution is 7.07. The van der Waals surface area contributed by atoms with Gasteiger partial charge in [-0.15, -0.1) is 11.3 Å². The molecule has 2 rings (SSSR count). The van der Waals surface area contributed by atoms with Gasteiger partial charge in [-0.1, -0.05) is 35.3 Å². The number of nitriles is 2. The van der Waals surface area contributed by atoms with Gasteiger partial charge in [-0.25, -0.2) is 0 Å². The minimum Gasteiger partial charge on any atom is -0.385 e. The Balaban J connectivity index is 2.72. The van der Waals surface area contributed by atoms with Crippen molar-refractivity contribution in [2.45, 2.75) is 13.0 Å². The van der Waals surface area contributed by atoms with Crippen molar-refractivity contribution in [3.05, 3.63) is 53.4 Å². The van der Waals surface area contributed by atoms with E-state index in [4.69, 9.17) is 38.5 Å². The first-order valence-electron chi connectivity index (χ1n) is 7.22. The molecule has 0 radical (unpaired) electrons. The second-order valence-corrected chi connectivity index (χ2v) is 6.78. The van der Waals surface area contributed by atoms with Crippen molar-refractivity contribution in [1.29, 1.82) is 10.5 Å². The SMILES string of the molecule is COCCCn1c(=C(C#N)C#N)sc(=Cc2cccc(Cl)c2Cl)c1=O. The average Bonchev–Trinajstić information content (AvgIpc) is 2.90. The summed E-state index contributed by atoms with van der Waals surface area (Å²) >= 11 is 13.2. The van der Waals surface area contributed by atoms with Gasteiger partial charge in [0.1, 0.15) is 16.8 Å². The fourth-order valence-corrected chi connectivity index (χ4v) is 3.60. The molecular formula is C17H13Cl2N3O2S. The molecular weight excluding hydrogens is 381 g/mol. The molecule has 5 nitrogen and oxygen atoms in total. The van der Waals surface area contributed by atoms with E-state index in [0.29, 0.717) is 44.4 Å². The Morgan fingerprint density at radius 1 is 1.36 bits per heavy atom. The summed E-state index contributed by atoms with van der Waals surface area (Å²) in [5, 5.41) is 19.0. The number of aromatic nitrogens is 1. The van der Waals surface area contributed by atoms with Crippen molar-refractivity contribution < 1.29 is 4.74 Å². The summed E-state index contributed by atoms with van der Waals surface area (Å²) in [6.45, 7) is 0.817. The van der Waals surface area contributed by atoms with Gasteiger partial charge in [-0.3, -0.25) is 9.36 Å². The summed E-state index contributed by atoms with van der Waals surface area (Å²) in [4.78, 5) is 12.7. The zero-order valence-corrected chi connectivity index (χ0v) is 15.6. The standard InChI is InChI=1S/C17H13Cl2N3O2S/c1-24-7-3-6-22-16(23)14(25-17(22)12(9-20)10-21)8-11-4-2-5-13(18)15(11)19/h2,4-5,8H,3,6-7H2,1H3. The second-order valence-electron chi connectivity index (χ2n) is 4.96. The Morgan fingerprint density at radius 2 is 2.08 bits per heavy atom. The number of rotatable bonds is 5. The van der Waals surface area contributed by atoms with Gasteiger partial charge in [0, 0.05) is 20.3 Å². The van der Waals surface area contributed by atoms with Crippen LogP contribution in [0.2, 0.25) is 10.0 Å². The van der Waals surface area contributed by atoms with Gasteiger partial charge in [0.2, 0.25) is 0 Å². The van der Waals surface area contributed by atoms with E-state index in [1.807, 2.05) is 12.1 Å². The van der Waals surface area contributed by atoms with Crippen molar-refractivity contribution >= 4 is 46.2 Å². The third-order valence-corrected chi connectivity index (χ3v) is 5.31. The molecule has 1 aromatic heterocycles. The fourth-order valence-electron chi connectivity index (χ4n) is 2.17. The van der Waals surface area contributed by atoms with E-state index in [1.165, 1.54) is 4.57 Å². The molecule has 0 atom stereocenters. The predicted octanol–water partition coefficient (Wildman–Crippen LogP) is 2.28. The van der Waals surface area contributed by atoms with Crippen LogP contribution in [0.5, 0.6) is 0 Å². The number of nitrogens with zero attached hydrogens (tertiary/aromatic N) is 3. The number of methoxy groups -OCH3 is 1. The van der Waals surface area contributed by atoms with Gasteiger partial charge in [0.25, 0.3) is 5.56 Å². The lowest BCUT2D eigenvalue weighted by molar-refractivity contribution is 0.190. The minimum atomic E-state index is -0.282. The van der Waals surface area contributed by atoms with Crippen molar-refractivity contribution in [2.24, 2.45) is 0 Å². The van der Waals surface area contributed by atoms with Gasteiger partial charge in [0.05, 0.1) is 14.6 Å². The highest BCUT2D eigenvalue weighted by Gasteiger charge is 2.10. The van der Waals surface area contributed by atoms with Crippen molar-refractivity contribution in [2.75, 3.05) is 13.7 Å². The number of hydrogen-bond acceptors (Lipinski definition) is 5. The van der Waals surface area contributed by atoms with E-state index in [0.717, 1.165) is 11.3 Å². The minimum absolute atomic E-state index is 0.101. The molecule has 25 heavy (non-hydrogen) atoms. The average molecular weight is 394 g/mol. The van der Waals surface area contributed by atoms with E-state index in [9.17, 15) is 4.79 Å². The molecule has 0 spiro atoms. The van der Waals surface area contributed by atoms with E-state index >= 15 is 0 Å². The summed E-state index contributed by atoms with van der Waals surface area (Å²) in [6, 6.07) is 8.80. The Bertz CT molecular complexity index is 1030. The van der Waals surface area contributed by atoms with Crippen LogP contribution in [0, 0.1) is 22.7 Å². The second kappa shape index (κ2) is 8.84. The Kier molecular flexibility index (Phi) is 6.81. The Morgan fingerprint density at radius 3 is 2.72 bits per heavy atom. The van der Waals surface area contributed by atoms with Crippen LogP contribution in [0.1, 0.15) is 12.0 Å². The highest BCUT2D eigenvalue weighted by Crippen LogP contribution is 2.25. The van der Waals surface area contributed by atoms with Gasteiger partial charge in [0.15, 0.2) is 5.57 Å². The Hall–Kier alpha value is -2.09. The molecule has 0 N–H and O–H groups in total.